The lowest BCUT2D eigenvalue weighted by Crippen LogP contribution is -2.47. The van der Waals surface area contributed by atoms with E-state index in [2.05, 4.69) is 4.98 Å². The van der Waals surface area contributed by atoms with Crippen molar-refractivity contribution in [2.75, 3.05) is 0 Å². The first-order chi connectivity index (χ1) is 5.75. The number of nitrogens with one attached hydrogen (secondary N) is 1. The van der Waals surface area contributed by atoms with Crippen LogP contribution in [0, 0.1) is 6.92 Å². The molecule has 0 aliphatic rings. The highest BCUT2D eigenvalue weighted by atomic mass is 19.4. The van der Waals surface area contributed by atoms with E-state index in [-0.39, 0.29) is 5.69 Å². The zero-order valence-corrected chi connectivity index (χ0v) is 7.37. The maximum Gasteiger partial charge on any atom is 0.411 e. The van der Waals surface area contributed by atoms with Gasteiger partial charge in [0.2, 0.25) is 0 Å². The van der Waals surface area contributed by atoms with E-state index >= 15 is 0 Å². The van der Waals surface area contributed by atoms with Crippen LogP contribution in [0.5, 0.6) is 0 Å². The van der Waals surface area contributed by atoms with Crippen molar-refractivity contribution >= 4 is 0 Å². The summed E-state index contributed by atoms with van der Waals surface area (Å²) in [6, 6.07) is 2.91. The van der Waals surface area contributed by atoms with Crippen LogP contribution in [0.2, 0.25) is 0 Å². The Balaban J connectivity index is 3.07. The molecule has 0 fully saturated rings. The van der Waals surface area contributed by atoms with Crippen molar-refractivity contribution in [1.29, 1.82) is 0 Å². The van der Waals surface area contributed by atoms with Crippen molar-refractivity contribution < 1.29 is 13.2 Å². The molecule has 0 saturated carbocycles. The Morgan fingerprint density at radius 2 is 1.85 bits per heavy atom. The van der Waals surface area contributed by atoms with E-state index in [4.69, 9.17) is 5.73 Å². The minimum absolute atomic E-state index is 0.0162. The number of aromatic nitrogens is 1. The van der Waals surface area contributed by atoms with Gasteiger partial charge in [0.1, 0.15) is 5.54 Å². The summed E-state index contributed by atoms with van der Waals surface area (Å²) >= 11 is 0. The topological polar surface area (TPSA) is 41.8 Å². The van der Waals surface area contributed by atoms with E-state index in [1.165, 1.54) is 6.07 Å². The van der Waals surface area contributed by atoms with Crippen molar-refractivity contribution in [3.05, 3.63) is 23.5 Å². The van der Waals surface area contributed by atoms with Gasteiger partial charge in [0, 0.05) is 11.4 Å². The Bertz CT molecular complexity index is 299. The maximum absolute atomic E-state index is 12.4. The molecule has 0 aliphatic carbocycles. The molecule has 74 valence electrons. The van der Waals surface area contributed by atoms with Gasteiger partial charge in [-0.1, -0.05) is 0 Å². The van der Waals surface area contributed by atoms with Gasteiger partial charge in [-0.05, 0) is 26.0 Å². The largest absolute Gasteiger partial charge is 0.411 e. The van der Waals surface area contributed by atoms with Crippen molar-refractivity contribution in [1.82, 2.24) is 4.98 Å². The van der Waals surface area contributed by atoms with E-state index in [1.807, 2.05) is 0 Å². The summed E-state index contributed by atoms with van der Waals surface area (Å²) in [5.74, 6) is 0. The van der Waals surface area contributed by atoms with Crippen LogP contribution in [0.25, 0.3) is 0 Å². The average molecular weight is 192 g/mol. The maximum atomic E-state index is 12.4. The summed E-state index contributed by atoms with van der Waals surface area (Å²) in [6.07, 6.45) is -4.44. The second-order valence-corrected chi connectivity index (χ2v) is 3.26. The van der Waals surface area contributed by atoms with E-state index < -0.39 is 11.7 Å². The van der Waals surface area contributed by atoms with Crippen LogP contribution in [0.4, 0.5) is 13.2 Å². The minimum atomic E-state index is -4.44. The van der Waals surface area contributed by atoms with Crippen molar-refractivity contribution in [3.63, 3.8) is 0 Å². The Labute approximate surface area is 73.9 Å². The van der Waals surface area contributed by atoms with Gasteiger partial charge in [0.25, 0.3) is 0 Å². The van der Waals surface area contributed by atoms with Crippen molar-refractivity contribution in [2.45, 2.75) is 25.6 Å². The molecule has 13 heavy (non-hydrogen) atoms. The smallest absolute Gasteiger partial charge is 0.361 e. The molecule has 0 amide bonds. The highest BCUT2D eigenvalue weighted by Crippen LogP contribution is 2.35. The van der Waals surface area contributed by atoms with Crippen molar-refractivity contribution in [2.24, 2.45) is 5.73 Å². The van der Waals surface area contributed by atoms with Gasteiger partial charge in [-0.25, -0.2) is 0 Å². The molecule has 0 aliphatic heterocycles. The molecule has 1 aromatic rings. The SMILES string of the molecule is Cc1ccc([C@](C)(N)C(F)(F)F)[nH]1. The number of aryl methyl sites for hydroxylation is 1. The van der Waals surface area contributed by atoms with E-state index in [0.29, 0.717) is 5.69 Å². The summed E-state index contributed by atoms with van der Waals surface area (Å²) in [5.41, 5.74) is 3.51. The third kappa shape index (κ3) is 1.70. The third-order valence-corrected chi connectivity index (χ3v) is 1.98. The molecule has 1 heterocycles. The van der Waals surface area contributed by atoms with Crippen molar-refractivity contribution in [3.8, 4) is 0 Å². The molecule has 0 spiro atoms. The first-order valence-corrected chi connectivity index (χ1v) is 3.77. The van der Waals surface area contributed by atoms with Crippen LogP contribution < -0.4 is 5.73 Å². The van der Waals surface area contributed by atoms with Crippen LogP contribution in [0.1, 0.15) is 18.3 Å². The molecule has 0 radical (unpaired) electrons. The Hall–Kier alpha value is -0.970. The van der Waals surface area contributed by atoms with Gasteiger partial charge in [-0.2, -0.15) is 13.2 Å². The van der Waals surface area contributed by atoms with Gasteiger partial charge in [0.05, 0.1) is 0 Å². The zero-order valence-electron chi connectivity index (χ0n) is 7.37. The van der Waals surface area contributed by atoms with Crippen LogP contribution >= 0.6 is 0 Å². The van der Waals surface area contributed by atoms with E-state index in [1.54, 1.807) is 13.0 Å². The van der Waals surface area contributed by atoms with Gasteiger partial charge in [-0.3, -0.25) is 0 Å². The first-order valence-electron chi connectivity index (χ1n) is 3.77. The van der Waals surface area contributed by atoms with Crippen LogP contribution in [0.15, 0.2) is 12.1 Å². The van der Waals surface area contributed by atoms with Crippen LogP contribution in [-0.2, 0) is 5.54 Å². The highest BCUT2D eigenvalue weighted by molar-refractivity contribution is 5.20. The lowest BCUT2D eigenvalue weighted by molar-refractivity contribution is -0.185. The molecular formula is C8H11F3N2. The number of hydrogen-bond donors (Lipinski definition) is 2. The van der Waals surface area contributed by atoms with Gasteiger partial charge in [-0.15, -0.1) is 0 Å². The third-order valence-electron chi connectivity index (χ3n) is 1.98. The number of halogens is 3. The Morgan fingerprint density at radius 3 is 2.15 bits per heavy atom. The van der Waals surface area contributed by atoms with E-state index in [0.717, 1.165) is 6.92 Å². The standard InChI is InChI=1S/C8H11F3N2/c1-5-3-4-6(13-5)7(2,12)8(9,10)11/h3-4,13H,12H2,1-2H3/t7-/m0/s1. The fourth-order valence-corrected chi connectivity index (χ4v) is 0.960. The molecule has 1 rings (SSSR count). The number of alkyl halides is 3. The predicted molar refractivity (Wildman–Crippen MR) is 43.1 cm³/mol. The number of hydrogen-bond acceptors (Lipinski definition) is 1. The quantitative estimate of drug-likeness (QED) is 0.702. The number of nitrogens with two attached hydrogens (primary N) is 1. The second-order valence-electron chi connectivity index (χ2n) is 3.26. The van der Waals surface area contributed by atoms with Gasteiger partial charge >= 0.3 is 6.18 Å². The number of aromatic amines is 1. The summed E-state index contributed by atoms with van der Waals surface area (Å²) < 4.78 is 37.2. The molecule has 2 nitrogen and oxygen atoms in total. The molecule has 1 aromatic heterocycles. The highest BCUT2D eigenvalue weighted by Gasteiger charge is 2.50. The molecule has 0 saturated heterocycles. The summed E-state index contributed by atoms with van der Waals surface area (Å²) in [5, 5.41) is 0. The van der Waals surface area contributed by atoms with Gasteiger partial charge in [0.15, 0.2) is 0 Å². The summed E-state index contributed by atoms with van der Waals surface area (Å²) in [7, 11) is 0. The fourth-order valence-electron chi connectivity index (χ4n) is 0.960. The molecule has 5 heteroatoms. The van der Waals surface area contributed by atoms with Crippen LogP contribution in [-0.4, -0.2) is 11.2 Å². The normalized spacial score (nSPS) is 17.1. The van der Waals surface area contributed by atoms with Gasteiger partial charge < -0.3 is 10.7 Å². The second kappa shape index (κ2) is 2.77. The van der Waals surface area contributed by atoms with Crippen LogP contribution in [0.3, 0.4) is 0 Å². The number of rotatable bonds is 1. The molecule has 0 bridgehead atoms. The Morgan fingerprint density at radius 1 is 1.31 bits per heavy atom. The first kappa shape index (κ1) is 10.1. The van der Waals surface area contributed by atoms with E-state index in [9.17, 15) is 13.2 Å². The fraction of sp³-hybridized carbons (Fsp3) is 0.500. The Kier molecular flexibility index (Phi) is 2.15. The molecule has 1 atom stereocenters. The zero-order chi connectivity index (χ0) is 10.3. The monoisotopic (exact) mass is 192 g/mol. The predicted octanol–water partition coefficient (Wildman–Crippen LogP) is 2.06. The number of H-pyrrole nitrogens is 1. The minimum Gasteiger partial charge on any atom is -0.361 e. The molecular weight excluding hydrogens is 181 g/mol. The lowest BCUT2D eigenvalue weighted by Gasteiger charge is -2.26. The average Bonchev–Trinajstić information content (AvgIpc) is 2.33. The molecule has 3 N–H and O–H groups in total. The summed E-state index contributed by atoms with van der Waals surface area (Å²) in [4.78, 5) is 2.58. The summed E-state index contributed by atoms with van der Waals surface area (Å²) in [6.45, 7) is 2.62. The lowest BCUT2D eigenvalue weighted by atomic mass is 9.99. The molecule has 0 unspecified atom stereocenters. The molecule has 0 aromatic carbocycles.